The molecular weight excluding hydrogens is 426 g/mol. The van der Waals surface area contributed by atoms with Crippen molar-refractivity contribution in [2.45, 2.75) is 49.7 Å². The SMILES string of the molecule is COCCCN1C(=O)N(Cc2ccc(OC)cc2)C[C@]12CC[C@@](c1ccccc1)(N(C)C)CC2. The van der Waals surface area contributed by atoms with E-state index in [9.17, 15) is 4.79 Å². The molecule has 1 heterocycles. The van der Waals surface area contributed by atoms with Crippen LogP contribution in [0.1, 0.15) is 43.2 Å². The van der Waals surface area contributed by atoms with Crippen molar-refractivity contribution < 1.29 is 14.3 Å². The van der Waals surface area contributed by atoms with Crippen molar-refractivity contribution in [3.8, 4) is 5.75 Å². The van der Waals surface area contributed by atoms with Gasteiger partial charge in [0, 0.05) is 38.9 Å². The molecule has 1 saturated heterocycles. The summed E-state index contributed by atoms with van der Waals surface area (Å²) < 4.78 is 10.6. The van der Waals surface area contributed by atoms with Crippen molar-refractivity contribution >= 4 is 6.03 Å². The molecule has 2 aromatic carbocycles. The van der Waals surface area contributed by atoms with E-state index < -0.39 is 0 Å². The van der Waals surface area contributed by atoms with Crippen molar-refractivity contribution in [1.82, 2.24) is 14.7 Å². The third kappa shape index (κ3) is 4.66. The molecule has 184 valence electrons. The molecule has 2 fully saturated rings. The third-order valence-electron chi connectivity index (χ3n) is 8.00. The van der Waals surface area contributed by atoms with Crippen LogP contribution in [0, 0.1) is 0 Å². The maximum atomic E-state index is 13.6. The van der Waals surface area contributed by atoms with Gasteiger partial charge < -0.3 is 19.3 Å². The molecule has 6 heteroatoms. The zero-order valence-electron chi connectivity index (χ0n) is 21.1. The van der Waals surface area contributed by atoms with Gasteiger partial charge >= 0.3 is 6.03 Å². The van der Waals surface area contributed by atoms with Gasteiger partial charge in [-0.25, -0.2) is 4.79 Å². The molecule has 0 atom stereocenters. The number of nitrogens with zero attached hydrogens (tertiary/aromatic N) is 3. The van der Waals surface area contributed by atoms with Gasteiger partial charge in [-0.3, -0.25) is 4.90 Å². The van der Waals surface area contributed by atoms with Crippen LogP contribution in [0.15, 0.2) is 54.6 Å². The maximum absolute atomic E-state index is 13.6. The first-order valence-electron chi connectivity index (χ1n) is 12.4. The average molecular weight is 466 g/mol. The lowest BCUT2D eigenvalue weighted by Crippen LogP contribution is -2.55. The Bertz CT molecular complexity index is 937. The van der Waals surface area contributed by atoms with Crippen molar-refractivity contribution in [1.29, 1.82) is 0 Å². The Morgan fingerprint density at radius 1 is 0.941 bits per heavy atom. The van der Waals surface area contributed by atoms with Gasteiger partial charge in [0.25, 0.3) is 0 Å². The van der Waals surface area contributed by atoms with Crippen molar-refractivity contribution in [3.05, 3.63) is 65.7 Å². The van der Waals surface area contributed by atoms with E-state index in [2.05, 4.69) is 66.4 Å². The van der Waals surface area contributed by atoms with E-state index in [1.54, 1.807) is 14.2 Å². The molecule has 34 heavy (non-hydrogen) atoms. The van der Waals surface area contributed by atoms with Gasteiger partial charge in [0.1, 0.15) is 5.75 Å². The van der Waals surface area contributed by atoms with E-state index in [0.29, 0.717) is 13.2 Å². The lowest BCUT2D eigenvalue weighted by Gasteiger charge is -2.51. The van der Waals surface area contributed by atoms with Crippen LogP contribution in [0.4, 0.5) is 4.79 Å². The molecule has 0 bridgehead atoms. The summed E-state index contributed by atoms with van der Waals surface area (Å²) in [7, 11) is 7.78. The minimum atomic E-state index is -0.119. The van der Waals surface area contributed by atoms with Gasteiger partial charge in [0.15, 0.2) is 0 Å². The number of hydrogen-bond acceptors (Lipinski definition) is 4. The second-order valence-electron chi connectivity index (χ2n) is 10.0. The van der Waals surface area contributed by atoms with Crippen LogP contribution in [0.25, 0.3) is 0 Å². The Hall–Kier alpha value is -2.57. The normalized spacial score (nSPS) is 24.9. The van der Waals surface area contributed by atoms with Crippen LogP contribution in [-0.4, -0.2) is 74.3 Å². The molecule has 1 saturated carbocycles. The van der Waals surface area contributed by atoms with Gasteiger partial charge in [-0.1, -0.05) is 42.5 Å². The first kappa shape index (κ1) is 24.6. The van der Waals surface area contributed by atoms with E-state index in [4.69, 9.17) is 9.47 Å². The monoisotopic (exact) mass is 465 g/mol. The number of urea groups is 1. The van der Waals surface area contributed by atoms with Crippen molar-refractivity contribution in [3.63, 3.8) is 0 Å². The number of benzene rings is 2. The van der Waals surface area contributed by atoms with Crippen LogP contribution in [-0.2, 0) is 16.8 Å². The summed E-state index contributed by atoms with van der Waals surface area (Å²) in [4.78, 5) is 20.2. The van der Waals surface area contributed by atoms with E-state index >= 15 is 0 Å². The van der Waals surface area contributed by atoms with Gasteiger partial charge in [-0.05, 0) is 69.5 Å². The summed E-state index contributed by atoms with van der Waals surface area (Å²) >= 11 is 0. The van der Waals surface area contributed by atoms with Crippen molar-refractivity contribution in [2.24, 2.45) is 0 Å². The van der Waals surface area contributed by atoms with Crippen LogP contribution in [0.5, 0.6) is 5.75 Å². The quantitative estimate of drug-likeness (QED) is 0.502. The van der Waals surface area contributed by atoms with Crippen molar-refractivity contribution in [2.75, 3.05) is 48.0 Å². The average Bonchev–Trinajstić information content (AvgIpc) is 3.11. The Morgan fingerprint density at radius 3 is 2.21 bits per heavy atom. The maximum Gasteiger partial charge on any atom is 0.320 e. The zero-order valence-corrected chi connectivity index (χ0v) is 21.1. The number of methoxy groups -OCH3 is 2. The van der Waals surface area contributed by atoms with E-state index in [1.165, 1.54) is 5.56 Å². The number of rotatable bonds is 9. The Balaban J connectivity index is 1.56. The molecule has 1 aliphatic heterocycles. The molecule has 0 aromatic heterocycles. The molecule has 2 amide bonds. The van der Waals surface area contributed by atoms with Gasteiger partial charge in [0.2, 0.25) is 0 Å². The fourth-order valence-corrected chi connectivity index (χ4v) is 5.96. The van der Waals surface area contributed by atoms with Crippen LogP contribution in [0.2, 0.25) is 0 Å². The number of carbonyl (C=O) groups excluding carboxylic acids is 1. The number of carbonyl (C=O) groups is 1. The Morgan fingerprint density at radius 2 is 1.62 bits per heavy atom. The highest BCUT2D eigenvalue weighted by Gasteiger charge is 2.54. The van der Waals surface area contributed by atoms with Gasteiger partial charge in [0.05, 0.1) is 12.6 Å². The largest absolute Gasteiger partial charge is 0.497 e. The molecule has 2 aromatic rings. The smallest absolute Gasteiger partial charge is 0.320 e. The second-order valence-corrected chi connectivity index (χ2v) is 10.0. The Labute approximate surface area is 204 Å². The summed E-state index contributed by atoms with van der Waals surface area (Å²) in [5, 5.41) is 0. The standard InChI is InChI=1S/C28H39N3O3/c1-29(2)28(24-9-6-5-7-10-24)17-15-27(16-18-28)22-30(26(32)31(27)19-8-20-33-3)21-23-11-13-25(34-4)14-12-23/h5-7,9-14H,8,15-22H2,1-4H3/t27-,28-. The summed E-state index contributed by atoms with van der Waals surface area (Å²) in [5.41, 5.74) is 2.40. The topological polar surface area (TPSA) is 45.3 Å². The van der Waals surface area contributed by atoms with E-state index in [1.807, 2.05) is 17.0 Å². The minimum absolute atomic E-state index is 0.0111. The van der Waals surface area contributed by atoms with Crippen LogP contribution < -0.4 is 4.74 Å². The summed E-state index contributed by atoms with van der Waals surface area (Å²) in [5.74, 6) is 0.836. The zero-order chi connectivity index (χ0) is 24.2. The third-order valence-corrected chi connectivity index (χ3v) is 8.00. The highest BCUT2D eigenvalue weighted by atomic mass is 16.5. The predicted molar refractivity (Wildman–Crippen MR) is 135 cm³/mol. The molecule has 1 spiro atoms. The summed E-state index contributed by atoms with van der Waals surface area (Å²) in [6, 6.07) is 19.1. The lowest BCUT2D eigenvalue weighted by molar-refractivity contribution is 0.0223. The Kier molecular flexibility index (Phi) is 7.48. The van der Waals surface area contributed by atoms with Crippen LogP contribution >= 0.6 is 0 Å². The minimum Gasteiger partial charge on any atom is -0.497 e. The number of ether oxygens (including phenoxy) is 2. The molecule has 4 rings (SSSR count). The molecule has 0 unspecified atom stereocenters. The van der Waals surface area contributed by atoms with Crippen LogP contribution in [0.3, 0.4) is 0 Å². The lowest BCUT2D eigenvalue weighted by atomic mass is 9.68. The molecular formula is C28H39N3O3. The van der Waals surface area contributed by atoms with Gasteiger partial charge in [-0.15, -0.1) is 0 Å². The summed E-state index contributed by atoms with van der Waals surface area (Å²) in [6.45, 7) is 2.82. The first-order chi connectivity index (χ1) is 16.4. The highest BCUT2D eigenvalue weighted by Crippen LogP contribution is 2.49. The second kappa shape index (κ2) is 10.4. The molecule has 0 radical (unpaired) electrons. The highest BCUT2D eigenvalue weighted by molar-refractivity contribution is 5.78. The molecule has 0 N–H and O–H groups in total. The fourth-order valence-electron chi connectivity index (χ4n) is 5.96. The van der Waals surface area contributed by atoms with E-state index in [-0.39, 0.29) is 17.1 Å². The summed E-state index contributed by atoms with van der Waals surface area (Å²) in [6.07, 6.45) is 4.93. The predicted octanol–water partition coefficient (Wildman–Crippen LogP) is 4.74. The number of hydrogen-bond donors (Lipinski definition) is 0. The number of amides is 2. The first-order valence-corrected chi connectivity index (χ1v) is 12.4. The molecule has 2 aliphatic rings. The fraction of sp³-hybridized carbons (Fsp3) is 0.536. The van der Waals surface area contributed by atoms with E-state index in [0.717, 1.165) is 56.5 Å². The van der Waals surface area contributed by atoms with Gasteiger partial charge in [-0.2, -0.15) is 0 Å². The molecule has 1 aliphatic carbocycles. The molecule has 6 nitrogen and oxygen atoms in total.